The van der Waals surface area contributed by atoms with Gasteiger partial charge in [-0.25, -0.2) is 4.98 Å². The fraction of sp³-hybridized carbons (Fsp3) is 0.214. The zero-order valence-corrected chi connectivity index (χ0v) is 18.7. The van der Waals surface area contributed by atoms with E-state index >= 15 is 0 Å². The minimum Gasteiger partial charge on any atom is -0.352 e. The molecule has 0 aliphatic carbocycles. The molecule has 0 fully saturated rings. The van der Waals surface area contributed by atoms with Crippen LogP contribution in [0.2, 0.25) is 0 Å². The van der Waals surface area contributed by atoms with Crippen molar-refractivity contribution >= 4 is 23.0 Å². The highest BCUT2D eigenvalue weighted by atomic mass is 16.1. The maximum Gasteiger partial charge on any atom is 0.244 e. The average molecular weight is 424 g/mol. The number of fused-ring (bicyclic) bond motifs is 1. The molecule has 1 N–H and O–H groups in total. The normalized spacial score (nSPS) is 11.5. The van der Waals surface area contributed by atoms with Gasteiger partial charge in [0.1, 0.15) is 5.82 Å². The van der Waals surface area contributed by atoms with Crippen LogP contribution in [-0.2, 0) is 17.8 Å². The van der Waals surface area contributed by atoms with Crippen molar-refractivity contribution in [3.8, 4) is 0 Å². The quantitative estimate of drug-likeness (QED) is 0.376. The van der Waals surface area contributed by atoms with E-state index in [2.05, 4.69) is 54.1 Å². The molecule has 0 aliphatic heterocycles. The number of aromatic nitrogens is 2. The Kier molecular flexibility index (Phi) is 6.81. The molecule has 1 amide bonds. The maximum absolute atomic E-state index is 12.2. The molecule has 1 heterocycles. The Balaban J connectivity index is 1.45. The van der Waals surface area contributed by atoms with E-state index in [1.807, 2.05) is 54.6 Å². The van der Waals surface area contributed by atoms with Crippen molar-refractivity contribution in [2.45, 2.75) is 32.7 Å². The van der Waals surface area contributed by atoms with Gasteiger partial charge in [-0.2, -0.15) is 0 Å². The number of hydrogen-bond donors (Lipinski definition) is 1. The Morgan fingerprint density at radius 2 is 1.69 bits per heavy atom. The third-order valence-corrected chi connectivity index (χ3v) is 5.60. The summed E-state index contributed by atoms with van der Waals surface area (Å²) in [4.78, 5) is 17.1. The van der Waals surface area contributed by atoms with Crippen molar-refractivity contribution in [2.24, 2.45) is 0 Å². The van der Waals surface area contributed by atoms with Crippen LogP contribution < -0.4 is 5.32 Å². The van der Waals surface area contributed by atoms with Crippen molar-refractivity contribution in [1.82, 2.24) is 14.9 Å². The highest BCUT2D eigenvalue weighted by Gasteiger charge is 2.11. The van der Waals surface area contributed by atoms with Gasteiger partial charge in [0.2, 0.25) is 5.91 Å². The largest absolute Gasteiger partial charge is 0.352 e. The third-order valence-electron chi connectivity index (χ3n) is 5.60. The Hall–Kier alpha value is -3.66. The summed E-state index contributed by atoms with van der Waals surface area (Å²) < 4.78 is 2.26. The number of imidazole rings is 1. The van der Waals surface area contributed by atoms with Crippen LogP contribution in [0, 0.1) is 0 Å². The van der Waals surface area contributed by atoms with E-state index in [-0.39, 0.29) is 5.91 Å². The topological polar surface area (TPSA) is 46.9 Å². The van der Waals surface area contributed by atoms with Crippen molar-refractivity contribution in [1.29, 1.82) is 0 Å². The highest BCUT2D eigenvalue weighted by molar-refractivity contribution is 5.91. The van der Waals surface area contributed by atoms with E-state index in [9.17, 15) is 4.79 Å². The Morgan fingerprint density at radius 1 is 0.969 bits per heavy atom. The van der Waals surface area contributed by atoms with Crippen LogP contribution in [0.1, 0.15) is 42.3 Å². The molecule has 0 atom stereocenters. The summed E-state index contributed by atoms with van der Waals surface area (Å²) in [5.74, 6) is 1.40. The second-order valence-corrected chi connectivity index (χ2v) is 8.28. The Labute approximate surface area is 189 Å². The lowest BCUT2D eigenvalue weighted by atomic mass is 10.0. The summed E-state index contributed by atoms with van der Waals surface area (Å²) in [6, 6.07) is 26.8. The van der Waals surface area contributed by atoms with Gasteiger partial charge in [-0.3, -0.25) is 4.79 Å². The monoisotopic (exact) mass is 423 g/mol. The van der Waals surface area contributed by atoms with Gasteiger partial charge < -0.3 is 9.88 Å². The van der Waals surface area contributed by atoms with Crippen LogP contribution in [0.25, 0.3) is 17.1 Å². The summed E-state index contributed by atoms with van der Waals surface area (Å²) in [5.41, 5.74) is 5.69. The second-order valence-electron chi connectivity index (χ2n) is 8.28. The summed E-state index contributed by atoms with van der Waals surface area (Å²) in [7, 11) is 0. The van der Waals surface area contributed by atoms with Crippen LogP contribution in [0.15, 0.2) is 84.9 Å². The number of nitrogens with one attached hydrogen (secondary N) is 1. The summed E-state index contributed by atoms with van der Waals surface area (Å²) in [5, 5.41) is 2.98. The van der Waals surface area contributed by atoms with Crippen LogP contribution in [0.4, 0.5) is 0 Å². The molecule has 0 bridgehead atoms. The first-order chi connectivity index (χ1) is 15.6. The van der Waals surface area contributed by atoms with Gasteiger partial charge in [0.25, 0.3) is 0 Å². The van der Waals surface area contributed by atoms with Crippen molar-refractivity contribution in [3.63, 3.8) is 0 Å². The first kappa shape index (κ1) is 21.6. The van der Waals surface area contributed by atoms with Gasteiger partial charge in [0.05, 0.1) is 11.0 Å². The number of hydrogen-bond acceptors (Lipinski definition) is 2. The molecule has 162 valence electrons. The molecule has 4 aromatic rings. The molecule has 4 heteroatoms. The molecule has 4 rings (SSSR count). The molecule has 0 radical (unpaired) electrons. The van der Waals surface area contributed by atoms with Crippen molar-refractivity contribution in [3.05, 3.63) is 107 Å². The molecule has 32 heavy (non-hydrogen) atoms. The number of rotatable bonds is 8. The minimum absolute atomic E-state index is 0.0965. The molecule has 0 saturated heterocycles. The summed E-state index contributed by atoms with van der Waals surface area (Å²) in [6.07, 6.45) is 4.07. The fourth-order valence-electron chi connectivity index (χ4n) is 3.78. The third kappa shape index (κ3) is 5.33. The van der Waals surface area contributed by atoms with E-state index in [4.69, 9.17) is 4.98 Å². The number of carbonyl (C=O) groups excluding carboxylic acids is 1. The number of amides is 1. The number of nitrogens with zero attached hydrogens (tertiary/aromatic N) is 2. The molecule has 0 aliphatic rings. The molecule has 0 spiro atoms. The molecule has 0 saturated carbocycles. The van der Waals surface area contributed by atoms with E-state index in [0.717, 1.165) is 29.0 Å². The van der Waals surface area contributed by atoms with Gasteiger partial charge in [0.15, 0.2) is 0 Å². The number of para-hydroxylation sites is 2. The van der Waals surface area contributed by atoms with Gasteiger partial charge in [-0.05, 0) is 40.8 Å². The molecule has 3 aromatic carbocycles. The van der Waals surface area contributed by atoms with Gasteiger partial charge in [-0.15, -0.1) is 0 Å². The summed E-state index contributed by atoms with van der Waals surface area (Å²) >= 11 is 0. The van der Waals surface area contributed by atoms with Crippen LogP contribution in [0.3, 0.4) is 0 Å². The smallest absolute Gasteiger partial charge is 0.244 e. The van der Waals surface area contributed by atoms with E-state index < -0.39 is 0 Å². The SMILES string of the molecule is CC(C)c1ccc(Cn2c(CCNC(=O)/C=C/c3ccccc3)nc3ccccc32)cc1. The first-order valence-electron chi connectivity index (χ1n) is 11.1. The first-order valence-corrected chi connectivity index (χ1v) is 11.1. The van der Waals surface area contributed by atoms with E-state index in [1.165, 1.54) is 11.1 Å². The van der Waals surface area contributed by atoms with Crippen molar-refractivity contribution < 1.29 is 4.79 Å². The lowest BCUT2D eigenvalue weighted by Gasteiger charge is -2.11. The lowest BCUT2D eigenvalue weighted by Crippen LogP contribution is -2.24. The molecular formula is C28H29N3O. The zero-order chi connectivity index (χ0) is 22.3. The molecule has 1 aromatic heterocycles. The number of carbonyl (C=O) groups is 1. The van der Waals surface area contributed by atoms with E-state index in [1.54, 1.807) is 6.08 Å². The highest BCUT2D eigenvalue weighted by Crippen LogP contribution is 2.20. The predicted molar refractivity (Wildman–Crippen MR) is 132 cm³/mol. The maximum atomic E-state index is 12.2. The number of benzene rings is 3. The van der Waals surface area contributed by atoms with Crippen LogP contribution >= 0.6 is 0 Å². The van der Waals surface area contributed by atoms with Crippen LogP contribution in [-0.4, -0.2) is 22.0 Å². The van der Waals surface area contributed by atoms with Crippen LogP contribution in [0.5, 0.6) is 0 Å². The fourth-order valence-corrected chi connectivity index (χ4v) is 3.78. The molecular weight excluding hydrogens is 394 g/mol. The van der Waals surface area contributed by atoms with Crippen molar-refractivity contribution in [2.75, 3.05) is 6.54 Å². The second kappa shape index (κ2) is 10.1. The summed E-state index contributed by atoms with van der Waals surface area (Å²) in [6.45, 7) is 5.71. The molecule has 0 unspecified atom stereocenters. The van der Waals surface area contributed by atoms with Gasteiger partial charge in [-0.1, -0.05) is 80.6 Å². The lowest BCUT2D eigenvalue weighted by molar-refractivity contribution is -0.116. The Bertz CT molecular complexity index is 1200. The Morgan fingerprint density at radius 3 is 2.44 bits per heavy atom. The van der Waals surface area contributed by atoms with E-state index in [0.29, 0.717) is 18.9 Å². The van der Waals surface area contributed by atoms with Gasteiger partial charge >= 0.3 is 0 Å². The zero-order valence-electron chi connectivity index (χ0n) is 18.7. The molecule has 4 nitrogen and oxygen atoms in total. The average Bonchev–Trinajstić information content (AvgIpc) is 3.16. The predicted octanol–water partition coefficient (Wildman–Crippen LogP) is 5.58. The minimum atomic E-state index is -0.0965. The van der Waals surface area contributed by atoms with Gasteiger partial charge in [0, 0.05) is 25.6 Å². The standard InChI is InChI=1S/C28H29N3O/c1-21(2)24-15-12-23(13-16-24)20-31-26-11-7-6-10-25(26)30-27(31)18-19-29-28(32)17-14-22-8-4-3-5-9-22/h3-17,21H,18-20H2,1-2H3,(H,29,32)/b17-14+.